The minimum Gasteiger partial charge on any atom is -0.469 e. The van der Waals surface area contributed by atoms with Crippen molar-refractivity contribution in [2.24, 2.45) is 5.92 Å². The maximum atomic E-state index is 13.3. The number of hydrogen-bond acceptors (Lipinski definition) is 6. The van der Waals surface area contributed by atoms with Crippen molar-refractivity contribution in [2.45, 2.75) is 38.3 Å². The third kappa shape index (κ3) is 5.64. The van der Waals surface area contributed by atoms with Crippen molar-refractivity contribution in [1.29, 1.82) is 5.26 Å². The first kappa shape index (κ1) is 23.9. The Balaban J connectivity index is 1.62. The van der Waals surface area contributed by atoms with E-state index in [0.717, 1.165) is 5.56 Å². The summed E-state index contributed by atoms with van der Waals surface area (Å²) in [5, 5.41) is 16.6. The van der Waals surface area contributed by atoms with Crippen LogP contribution in [0.2, 0.25) is 0 Å². The topological polar surface area (TPSA) is 114 Å². The molecule has 1 aromatic heterocycles. The van der Waals surface area contributed by atoms with Crippen LogP contribution in [0.15, 0.2) is 65.5 Å². The van der Waals surface area contributed by atoms with Gasteiger partial charge in [-0.3, -0.25) is 14.4 Å². The first-order valence-corrected chi connectivity index (χ1v) is 11.5. The SMILES string of the molecule is COC(=O)C1CCC(NC(=O)c2cc(-c3ccc(C#N)cc3)nn(Cc3ccccc3)c2=O)CC1. The lowest BCUT2D eigenvalue weighted by molar-refractivity contribution is -0.146. The van der Waals surface area contributed by atoms with E-state index < -0.39 is 11.5 Å². The second-order valence-electron chi connectivity index (χ2n) is 8.63. The van der Waals surface area contributed by atoms with E-state index in [2.05, 4.69) is 16.5 Å². The predicted molar refractivity (Wildman–Crippen MR) is 129 cm³/mol. The van der Waals surface area contributed by atoms with E-state index in [1.54, 1.807) is 24.3 Å². The van der Waals surface area contributed by atoms with E-state index in [1.165, 1.54) is 17.9 Å². The largest absolute Gasteiger partial charge is 0.469 e. The molecule has 8 nitrogen and oxygen atoms in total. The number of nitrogens with one attached hydrogen (secondary N) is 1. The molecule has 0 saturated heterocycles. The van der Waals surface area contributed by atoms with Crippen LogP contribution in [-0.4, -0.2) is 34.8 Å². The third-order valence-corrected chi connectivity index (χ3v) is 6.30. The fourth-order valence-electron chi connectivity index (χ4n) is 4.33. The molecule has 0 atom stereocenters. The smallest absolute Gasteiger partial charge is 0.308 e. The molecule has 1 amide bonds. The summed E-state index contributed by atoms with van der Waals surface area (Å²) in [5.41, 5.74) is 2.07. The number of methoxy groups -OCH3 is 1. The molecule has 0 unspecified atom stereocenters. The van der Waals surface area contributed by atoms with Gasteiger partial charge in [-0.05, 0) is 49.4 Å². The van der Waals surface area contributed by atoms with Gasteiger partial charge in [0.25, 0.3) is 11.5 Å². The Bertz CT molecular complexity index is 1300. The standard InChI is InChI=1S/C27H26N4O4/c1-35-27(34)21-11-13-22(14-12-21)29-25(32)23-15-24(20-9-7-18(16-28)8-10-20)30-31(26(23)33)17-19-5-3-2-4-6-19/h2-10,15,21-22H,11-14,17H2,1H3,(H,29,32). The number of nitriles is 1. The predicted octanol–water partition coefficient (Wildman–Crippen LogP) is 3.29. The van der Waals surface area contributed by atoms with Crippen molar-refractivity contribution in [3.8, 4) is 17.3 Å². The number of aromatic nitrogens is 2. The molecule has 1 aliphatic rings. The molecular formula is C27H26N4O4. The molecule has 178 valence electrons. The highest BCUT2D eigenvalue weighted by Crippen LogP contribution is 2.25. The van der Waals surface area contributed by atoms with Gasteiger partial charge in [0.1, 0.15) is 5.56 Å². The molecule has 4 rings (SSSR count). The summed E-state index contributed by atoms with van der Waals surface area (Å²) in [5.74, 6) is -0.837. The highest BCUT2D eigenvalue weighted by Gasteiger charge is 2.28. The Morgan fingerprint density at radius 3 is 2.40 bits per heavy atom. The zero-order valence-electron chi connectivity index (χ0n) is 19.4. The van der Waals surface area contributed by atoms with Gasteiger partial charge in [-0.2, -0.15) is 10.4 Å². The summed E-state index contributed by atoms with van der Waals surface area (Å²) in [6.45, 7) is 0.217. The fourth-order valence-corrected chi connectivity index (χ4v) is 4.33. The van der Waals surface area contributed by atoms with Gasteiger partial charge in [0.05, 0.1) is 36.9 Å². The van der Waals surface area contributed by atoms with Gasteiger partial charge in [-0.15, -0.1) is 0 Å². The Kier molecular flexibility index (Phi) is 7.36. The van der Waals surface area contributed by atoms with Crippen LogP contribution in [0.25, 0.3) is 11.3 Å². The van der Waals surface area contributed by atoms with E-state index in [1.807, 2.05) is 30.3 Å². The normalized spacial score (nSPS) is 17.3. The first-order valence-electron chi connectivity index (χ1n) is 11.5. The molecule has 1 heterocycles. The lowest BCUT2D eigenvalue weighted by Gasteiger charge is -2.27. The highest BCUT2D eigenvalue weighted by molar-refractivity contribution is 5.95. The second-order valence-corrected chi connectivity index (χ2v) is 8.63. The average Bonchev–Trinajstić information content (AvgIpc) is 2.90. The van der Waals surface area contributed by atoms with Crippen molar-refractivity contribution in [3.05, 3.63) is 87.7 Å². The lowest BCUT2D eigenvalue weighted by Crippen LogP contribution is -2.42. The maximum absolute atomic E-state index is 13.3. The molecule has 1 N–H and O–H groups in total. The summed E-state index contributed by atoms with van der Waals surface area (Å²) < 4.78 is 6.13. The monoisotopic (exact) mass is 470 g/mol. The van der Waals surface area contributed by atoms with Crippen molar-refractivity contribution in [3.63, 3.8) is 0 Å². The van der Waals surface area contributed by atoms with E-state index >= 15 is 0 Å². The van der Waals surface area contributed by atoms with E-state index in [4.69, 9.17) is 10.00 Å². The van der Waals surface area contributed by atoms with Gasteiger partial charge in [0.15, 0.2) is 0 Å². The molecule has 8 heteroatoms. The number of benzene rings is 2. The van der Waals surface area contributed by atoms with Crippen molar-refractivity contribution in [2.75, 3.05) is 7.11 Å². The van der Waals surface area contributed by atoms with Gasteiger partial charge in [-0.1, -0.05) is 42.5 Å². The molecule has 0 spiro atoms. The van der Waals surface area contributed by atoms with Crippen LogP contribution in [0, 0.1) is 17.2 Å². The van der Waals surface area contributed by atoms with Crippen molar-refractivity contribution in [1.82, 2.24) is 15.1 Å². The van der Waals surface area contributed by atoms with Crippen LogP contribution in [-0.2, 0) is 16.1 Å². The number of ether oxygens (including phenoxy) is 1. The Labute approximate surface area is 203 Å². The Hall–Kier alpha value is -4.25. The van der Waals surface area contributed by atoms with Gasteiger partial charge >= 0.3 is 5.97 Å². The zero-order valence-corrected chi connectivity index (χ0v) is 19.4. The van der Waals surface area contributed by atoms with Crippen LogP contribution in [0.1, 0.15) is 47.2 Å². The van der Waals surface area contributed by atoms with E-state index in [-0.39, 0.29) is 30.0 Å². The van der Waals surface area contributed by atoms with Crippen LogP contribution in [0.5, 0.6) is 0 Å². The van der Waals surface area contributed by atoms with E-state index in [0.29, 0.717) is 42.5 Å². The Morgan fingerprint density at radius 1 is 1.09 bits per heavy atom. The molecule has 0 aliphatic heterocycles. The minimum atomic E-state index is -0.480. The third-order valence-electron chi connectivity index (χ3n) is 6.30. The summed E-state index contributed by atoms with van der Waals surface area (Å²) in [6.07, 6.45) is 2.53. The number of esters is 1. The van der Waals surface area contributed by atoms with Crippen LogP contribution in [0.3, 0.4) is 0 Å². The highest BCUT2D eigenvalue weighted by atomic mass is 16.5. The number of carbonyl (C=O) groups is 2. The van der Waals surface area contributed by atoms with E-state index in [9.17, 15) is 14.4 Å². The average molecular weight is 471 g/mol. The van der Waals surface area contributed by atoms with Gasteiger partial charge in [0.2, 0.25) is 0 Å². The molecule has 3 aromatic rings. The lowest BCUT2D eigenvalue weighted by atomic mass is 9.86. The molecule has 2 aromatic carbocycles. The quantitative estimate of drug-likeness (QED) is 0.553. The summed E-state index contributed by atoms with van der Waals surface area (Å²) >= 11 is 0. The zero-order chi connectivity index (χ0) is 24.8. The van der Waals surface area contributed by atoms with Crippen LogP contribution in [0.4, 0.5) is 0 Å². The molecule has 1 fully saturated rings. The molecule has 0 radical (unpaired) electrons. The molecule has 0 bridgehead atoms. The van der Waals surface area contributed by atoms with Gasteiger partial charge in [-0.25, -0.2) is 4.68 Å². The molecule has 1 aliphatic carbocycles. The Morgan fingerprint density at radius 2 is 1.77 bits per heavy atom. The minimum absolute atomic E-state index is 0.00498. The number of hydrogen-bond donors (Lipinski definition) is 1. The molecule has 1 saturated carbocycles. The summed E-state index contributed by atoms with van der Waals surface area (Å²) in [7, 11) is 1.38. The van der Waals surface area contributed by atoms with Crippen LogP contribution < -0.4 is 10.9 Å². The van der Waals surface area contributed by atoms with Gasteiger partial charge < -0.3 is 10.1 Å². The number of rotatable bonds is 6. The number of nitrogens with zero attached hydrogens (tertiary/aromatic N) is 3. The second kappa shape index (κ2) is 10.8. The summed E-state index contributed by atoms with van der Waals surface area (Å²) in [6, 6.07) is 19.7. The van der Waals surface area contributed by atoms with Crippen LogP contribution >= 0.6 is 0 Å². The maximum Gasteiger partial charge on any atom is 0.308 e. The van der Waals surface area contributed by atoms with Gasteiger partial charge in [0, 0.05) is 11.6 Å². The fraction of sp³-hybridized carbons (Fsp3) is 0.296. The number of amides is 1. The van der Waals surface area contributed by atoms with Crippen molar-refractivity contribution >= 4 is 11.9 Å². The van der Waals surface area contributed by atoms with Crippen molar-refractivity contribution < 1.29 is 14.3 Å². The molecular weight excluding hydrogens is 444 g/mol. The first-order chi connectivity index (χ1) is 17.0. The summed E-state index contributed by atoms with van der Waals surface area (Å²) in [4.78, 5) is 38.2. The molecule has 35 heavy (non-hydrogen) atoms. The number of carbonyl (C=O) groups excluding carboxylic acids is 2.